The molecule has 0 bridgehead atoms. The second-order valence-corrected chi connectivity index (χ2v) is 8.66. The van der Waals surface area contributed by atoms with E-state index in [1.54, 1.807) is 22.9 Å². The summed E-state index contributed by atoms with van der Waals surface area (Å²) < 4.78 is 1.58. The van der Waals surface area contributed by atoms with Crippen molar-refractivity contribution in [2.24, 2.45) is 5.10 Å². The van der Waals surface area contributed by atoms with Gasteiger partial charge in [0.05, 0.1) is 28.6 Å². The van der Waals surface area contributed by atoms with Gasteiger partial charge in [0.25, 0.3) is 11.5 Å². The van der Waals surface area contributed by atoms with E-state index in [0.29, 0.717) is 16.1 Å². The lowest BCUT2D eigenvalue weighted by Crippen LogP contribution is -2.24. The van der Waals surface area contributed by atoms with Crippen molar-refractivity contribution >= 4 is 40.9 Å². The van der Waals surface area contributed by atoms with Crippen LogP contribution in [0, 0.1) is 6.92 Å². The van der Waals surface area contributed by atoms with Crippen LogP contribution in [0.1, 0.15) is 18.1 Å². The Morgan fingerprint density at radius 3 is 2.53 bits per heavy atom. The summed E-state index contributed by atoms with van der Waals surface area (Å²) in [5.74, 6) is -0.220. The van der Waals surface area contributed by atoms with Crippen LogP contribution in [-0.2, 0) is 4.79 Å². The minimum Gasteiger partial charge on any atom is -0.272 e. The number of hydrogen-bond acceptors (Lipinski definition) is 5. The van der Waals surface area contributed by atoms with Gasteiger partial charge in [-0.2, -0.15) is 5.10 Å². The molecular weight excluding hydrogens is 444 g/mol. The quantitative estimate of drug-likeness (QED) is 0.179. The van der Waals surface area contributed by atoms with E-state index in [9.17, 15) is 9.59 Å². The van der Waals surface area contributed by atoms with Crippen molar-refractivity contribution in [2.75, 3.05) is 5.75 Å². The molecule has 4 aromatic rings. The SMILES string of the molecule is CC(C=NNC(=O)CSc1nc2ccccc2c(=O)n1-c1ccccc1C)=Cc1ccccc1. The summed E-state index contributed by atoms with van der Waals surface area (Å²) in [7, 11) is 0. The second-order valence-electron chi connectivity index (χ2n) is 7.72. The minimum absolute atomic E-state index is 0.0649. The summed E-state index contributed by atoms with van der Waals surface area (Å²) in [5, 5.41) is 5.03. The molecule has 7 heteroatoms. The highest BCUT2D eigenvalue weighted by Gasteiger charge is 2.15. The number of carbonyl (C=O) groups excluding carboxylic acids is 1. The van der Waals surface area contributed by atoms with Crippen LogP contribution < -0.4 is 11.0 Å². The smallest absolute Gasteiger partial charge is 0.266 e. The fraction of sp³-hybridized carbons (Fsp3) is 0.111. The van der Waals surface area contributed by atoms with Crippen molar-refractivity contribution < 1.29 is 4.79 Å². The number of amides is 1. The summed E-state index contributed by atoms with van der Waals surface area (Å²) in [5.41, 5.74) is 6.63. The topological polar surface area (TPSA) is 76.3 Å². The number of hydrogen-bond donors (Lipinski definition) is 1. The third-order valence-electron chi connectivity index (χ3n) is 5.08. The molecule has 170 valence electrons. The van der Waals surface area contributed by atoms with Crippen LogP contribution in [0.25, 0.3) is 22.7 Å². The summed E-state index contributed by atoms with van der Waals surface area (Å²) in [6.07, 6.45) is 3.58. The van der Waals surface area contributed by atoms with Crippen molar-refractivity contribution in [2.45, 2.75) is 19.0 Å². The number of benzene rings is 3. The van der Waals surface area contributed by atoms with E-state index in [2.05, 4.69) is 15.5 Å². The number of allylic oxidation sites excluding steroid dienone is 1. The molecule has 0 fully saturated rings. The molecule has 0 aliphatic carbocycles. The average Bonchev–Trinajstić information content (AvgIpc) is 2.84. The molecule has 1 aromatic heterocycles. The Bertz CT molecular complexity index is 1440. The third-order valence-corrected chi connectivity index (χ3v) is 6.02. The molecular formula is C27H24N4O2S. The van der Waals surface area contributed by atoms with Crippen molar-refractivity contribution in [3.05, 3.63) is 106 Å². The van der Waals surface area contributed by atoms with Gasteiger partial charge < -0.3 is 0 Å². The van der Waals surface area contributed by atoms with Crippen LogP contribution in [0.5, 0.6) is 0 Å². The van der Waals surface area contributed by atoms with Crippen molar-refractivity contribution in [3.63, 3.8) is 0 Å². The van der Waals surface area contributed by atoms with E-state index in [-0.39, 0.29) is 17.2 Å². The zero-order valence-corrected chi connectivity index (χ0v) is 19.8. The molecule has 6 nitrogen and oxygen atoms in total. The van der Waals surface area contributed by atoms with Gasteiger partial charge >= 0.3 is 0 Å². The van der Waals surface area contributed by atoms with Gasteiger partial charge in [-0.15, -0.1) is 0 Å². The maximum atomic E-state index is 13.3. The fourth-order valence-corrected chi connectivity index (χ4v) is 4.25. The van der Waals surface area contributed by atoms with Gasteiger partial charge in [-0.05, 0) is 48.7 Å². The molecule has 0 radical (unpaired) electrons. The molecule has 1 heterocycles. The molecule has 0 saturated carbocycles. The summed E-state index contributed by atoms with van der Waals surface area (Å²) >= 11 is 1.20. The Morgan fingerprint density at radius 2 is 1.74 bits per heavy atom. The molecule has 1 N–H and O–H groups in total. The van der Waals surface area contributed by atoms with E-state index >= 15 is 0 Å². The second kappa shape index (κ2) is 10.8. The number of nitrogens with one attached hydrogen (secondary N) is 1. The van der Waals surface area contributed by atoms with Crippen molar-refractivity contribution in [1.29, 1.82) is 0 Å². The molecule has 0 unspecified atom stereocenters. The van der Waals surface area contributed by atoms with Gasteiger partial charge in [-0.3, -0.25) is 14.2 Å². The number of aryl methyl sites for hydroxylation is 1. The predicted molar refractivity (Wildman–Crippen MR) is 140 cm³/mol. The van der Waals surface area contributed by atoms with E-state index in [0.717, 1.165) is 22.4 Å². The molecule has 0 atom stereocenters. The maximum Gasteiger partial charge on any atom is 0.266 e. The fourth-order valence-electron chi connectivity index (χ4n) is 3.45. The first-order valence-corrected chi connectivity index (χ1v) is 11.8. The summed E-state index contributed by atoms with van der Waals surface area (Å²) in [4.78, 5) is 30.4. The number of carbonyl (C=O) groups is 1. The molecule has 34 heavy (non-hydrogen) atoms. The van der Waals surface area contributed by atoms with Gasteiger partial charge in [0.1, 0.15) is 0 Å². The predicted octanol–water partition coefficient (Wildman–Crippen LogP) is 4.99. The lowest BCUT2D eigenvalue weighted by molar-refractivity contribution is -0.118. The van der Waals surface area contributed by atoms with Crippen LogP contribution in [0.3, 0.4) is 0 Å². The van der Waals surface area contributed by atoms with Gasteiger partial charge in [-0.1, -0.05) is 78.5 Å². The van der Waals surface area contributed by atoms with Crippen LogP contribution >= 0.6 is 11.8 Å². The number of fused-ring (bicyclic) bond motifs is 1. The van der Waals surface area contributed by atoms with Crippen molar-refractivity contribution in [1.82, 2.24) is 15.0 Å². The Hall–Kier alpha value is -3.97. The van der Waals surface area contributed by atoms with Gasteiger partial charge in [0, 0.05) is 0 Å². The van der Waals surface area contributed by atoms with Crippen LogP contribution in [0.15, 0.2) is 99.5 Å². The third kappa shape index (κ3) is 5.50. The monoisotopic (exact) mass is 468 g/mol. The highest BCUT2D eigenvalue weighted by Crippen LogP contribution is 2.23. The summed E-state index contributed by atoms with van der Waals surface area (Å²) in [6.45, 7) is 3.86. The average molecular weight is 469 g/mol. The van der Waals surface area contributed by atoms with Crippen LogP contribution in [-0.4, -0.2) is 27.4 Å². The molecule has 0 saturated heterocycles. The highest BCUT2D eigenvalue weighted by atomic mass is 32.2. The number of nitrogens with zero attached hydrogens (tertiary/aromatic N) is 3. The lowest BCUT2D eigenvalue weighted by Gasteiger charge is -2.14. The number of para-hydroxylation sites is 2. The van der Waals surface area contributed by atoms with Gasteiger partial charge in [0.2, 0.25) is 0 Å². The number of aromatic nitrogens is 2. The number of thioether (sulfide) groups is 1. The van der Waals surface area contributed by atoms with Gasteiger partial charge in [-0.25, -0.2) is 10.4 Å². The van der Waals surface area contributed by atoms with Crippen molar-refractivity contribution in [3.8, 4) is 5.69 Å². The first-order chi connectivity index (χ1) is 16.5. The van der Waals surface area contributed by atoms with Crippen LogP contribution in [0.2, 0.25) is 0 Å². The first kappa shape index (κ1) is 23.2. The van der Waals surface area contributed by atoms with E-state index in [4.69, 9.17) is 0 Å². The van der Waals surface area contributed by atoms with Crippen LogP contribution in [0.4, 0.5) is 0 Å². The highest BCUT2D eigenvalue weighted by molar-refractivity contribution is 7.99. The standard InChI is InChI=1S/C27H24N4O2S/c1-19(16-21-11-4-3-5-12-21)17-28-30-25(32)18-34-27-29-23-14-8-7-13-22(23)26(33)31(27)24-15-9-6-10-20(24)2/h3-17H,18H2,1-2H3,(H,30,32). The zero-order chi connectivity index (χ0) is 23.9. The lowest BCUT2D eigenvalue weighted by atomic mass is 10.1. The van der Waals surface area contributed by atoms with E-state index in [1.165, 1.54) is 11.8 Å². The largest absolute Gasteiger partial charge is 0.272 e. The summed E-state index contributed by atoms with van der Waals surface area (Å²) in [6, 6.07) is 24.7. The first-order valence-electron chi connectivity index (χ1n) is 10.8. The normalized spacial score (nSPS) is 11.8. The molecule has 0 spiro atoms. The Morgan fingerprint density at radius 1 is 1.03 bits per heavy atom. The molecule has 3 aromatic carbocycles. The van der Waals surface area contributed by atoms with E-state index in [1.807, 2.05) is 86.7 Å². The Labute approximate surface area is 202 Å². The minimum atomic E-state index is -0.285. The molecule has 0 aliphatic heterocycles. The maximum absolute atomic E-state index is 13.3. The number of rotatable bonds is 7. The molecule has 1 amide bonds. The molecule has 0 aliphatic rings. The Balaban J connectivity index is 1.52. The zero-order valence-electron chi connectivity index (χ0n) is 18.9. The molecule has 4 rings (SSSR count). The number of hydrazone groups is 1. The van der Waals surface area contributed by atoms with E-state index < -0.39 is 0 Å². The Kier molecular flexibility index (Phi) is 7.34. The van der Waals surface area contributed by atoms with Gasteiger partial charge in [0.15, 0.2) is 5.16 Å².